The van der Waals surface area contributed by atoms with Crippen LogP contribution in [-0.4, -0.2) is 39.0 Å². The van der Waals surface area contributed by atoms with Crippen molar-refractivity contribution in [1.29, 1.82) is 0 Å². The molecule has 1 aliphatic rings. The summed E-state index contributed by atoms with van der Waals surface area (Å²) in [6.07, 6.45) is 1.69. The van der Waals surface area contributed by atoms with Gasteiger partial charge in [0.1, 0.15) is 5.75 Å². The molecule has 0 radical (unpaired) electrons. The molecule has 5 nitrogen and oxygen atoms in total. The van der Waals surface area contributed by atoms with Gasteiger partial charge in [0.15, 0.2) is 0 Å². The molecule has 1 fully saturated rings. The highest BCUT2D eigenvalue weighted by Gasteiger charge is 2.28. The number of nitrogens with two attached hydrogens (primary N) is 1. The number of hydrogen-bond acceptors (Lipinski definition) is 4. The molecule has 0 aromatic heterocycles. The van der Waals surface area contributed by atoms with Gasteiger partial charge in [0, 0.05) is 25.2 Å². The first kappa shape index (κ1) is 13.3. The fourth-order valence-corrected chi connectivity index (χ4v) is 3.67. The van der Waals surface area contributed by atoms with Gasteiger partial charge in [-0.3, -0.25) is 0 Å². The van der Waals surface area contributed by atoms with E-state index >= 15 is 0 Å². The lowest BCUT2D eigenvalue weighted by Gasteiger charge is -2.29. The van der Waals surface area contributed by atoms with Crippen LogP contribution in [0, 0.1) is 0 Å². The quantitative estimate of drug-likeness (QED) is 0.882. The zero-order valence-corrected chi connectivity index (χ0v) is 11.2. The van der Waals surface area contributed by atoms with Gasteiger partial charge < -0.3 is 10.5 Å². The molecule has 0 spiro atoms. The highest BCUT2D eigenvalue weighted by atomic mass is 32.2. The molecule has 1 aromatic rings. The topological polar surface area (TPSA) is 72.6 Å². The molecule has 0 amide bonds. The van der Waals surface area contributed by atoms with Crippen molar-refractivity contribution in [2.75, 3.05) is 20.2 Å². The van der Waals surface area contributed by atoms with Gasteiger partial charge in [0.25, 0.3) is 0 Å². The van der Waals surface area contributed by atoms with Crippen LogP contribution in [0.25, 0.3) is 0 Å². The minimum Gasteiger partial charge on any atom is -0.497 e. The lowest BCUT2D eigenvalue weighted by molar-refractivity contribution is 0.316. The molecule has 100 valence electrons. The van der Waals surface area contributed by atoms with Crippen molar-refractivity contribution >= 4 is 10.0 Å². The molecule has 2 N–H and O–H groups in total. The summed E-state index contributed by atoms with van der Waals surface area (Å²) in [5, 5.41) is 0. The summed E-state index contributed by atoms with van der Waals surface area (Å²) in [6.45, 7) is 0.923. The first-order valence-electron chi connectivity index (χ1n) is 5.94. The van der Waals surface area contributed by atoms with E-state index in [0.717, 1.165) is 12.8 Å². The highest BCUT2D eigenvalue weighted by Crippen LogP contribution is 2.23. The molecule has 1 aromatic carbocycles. The minimum atomic E-state index is -3.45. The van der Waals surface area contributed by atoms with Crippen molar-refractivity contribution in [1.82, 2.24) is 4.31 Å². The first-order valence-corrected chi connectivity index (χ1v) is 7.38. The summed E-state index contributed by atoms with van der Waals surface area (Å²) in [7, 11) is -1.94. The van der Waals surface area contributed by atoms with Crippen molar-refractivity contribution in [2.45, 2.75) is 23.8 Å². The molecule has 6 heteroatoms. The second kappa shape index (κ2) is 5.26. The van der Waals surface area contributed by atoms with Crippen LogP contribution in [0.2, 0.25) is 0 Å². The fourth-order valence-electron chi connectivity index (χ4n) is 2.10. The molecule has 0 saturated carbocycles. The van der Waals surface area contributed by atoms with Gasteiger partial charge in [-0.15, -0.1) is 0 Å². The summed E-state index contributed by atoms with van der Waals surface area (Å²) in [4.78, 5) is 0.260. The van der Waals surface area contributed by atoms with Crippen LogP contribution in [-0.2, 0) is 10.0 Å². The third kappa shape index (κ3) is 2.66. The number of rotatable bonds is 3. The Balaban J connectivity index is 2.29. The van der Waals surface area contributed by atoms with Gasteiger partial charge >= 0.3 is 0 Å². The molecule has 18 heavy (non-hydrogen) atoms. The molecule has 1 heterocycles. The van der Waals surface area contributed by atoms with Crippen LogP contribution in [0.5, 0.6) is 5.75 Å². The predicted molar refractivity (Wildman–Crippen MR) is 69.0 cm³/mol. The average molecular weight is 270 g/mol. The van der Waals surface area contributed by atoms with Crippen molar-refractivity contribution in [3.05, 3.63) is 24.3 Å². The standard InChI is InChI=1S/C12H18N2O3S/c1-17-11-5-2-6-12(8-11)18(15,16)14-7-3-4-10(13)9-14/h2,5-6,8,10H,3-4,7,9,13H2,1H3/t10-/m1/s1. The van der Waals surface area contributed by atoms with E-state index < -0.39 is 10.0 Å². The van der Waals surface area contributed by atoms with E-state index in [4.69, 9.17) is 10.5 Å². The maximum atomic E-state index is 12.4. The van der Waals surface area contributed by atoms with Gasteiger partial charge in [0.05, 0.1) is 12.0 Å². The maximum Gasteiger partial charge on any atom is 0.243 e. The van der Waals surface area contributed by atoms with E-state index in [1.807, 2.05) is 0 Å². The Bertz CT molecular complexity index is 516. The molecule has 0 aliphatic carbocycles. The third-order valence-corrected chi connectivity index (χ3v) is 4.96. The van der Waals surface area contributed by atoms with E-state index in [9.17, 15) is 8.42 Å². The van der Waals surface area contributed by atoms with E-state index in [0.29, 0.717) is 18.8 Å². The van der Waals surface area contributed by atoms with E-state index in [1.54, 1.807) is 18.2 Å². The number of hydrogen-bond donors (Lipinski definition) is 1. The van der Waals surface area contributed by atoms with Crippen molar-refractivity contribution in [2.24, 2.45) is 5.73 Å². The fraction of sp³-hybridized carbons (Fsp3) is 0.500. The summed E-state index contributed by atoms with van der Waals surface area (Å²) in [5.41, 5.74) is 5.83. The first-order chi connectivity index (χ1) is 8.54. The Hall–Kier alpha value is -1.11. The molecule has 0 unspecified atom stereocenters. The zero-order valence-electron chi connectivity index (χ0n) is 10.4. The van der Waals surface area contributed by atoms with Crippen LogP contribution in [0.3, 0.4) is 0 Å². The normalized spacial score (nSPS) is 21.8. The Morgan fingerprint density at radius 2 is 2.22 bits per heavy atom. The van der Waals surface area contributed by atoms with E-state index in [2.05, 4.69) is 0 Å². The maximum absolute atomic E-state index is 12.4. The van der Waals surface area contributed by atoms with Gasteiger partial charge in [-0.1, -0.05) is 6.07 Å². The Labute approximate surface area is 108 Å². The zero-order chi connectivity index (χ0) is 13.2. The molecule has 1 aliphatic heterocycles. The van der Waals surface area contributed by atoms with Crippen LogP contribution < -0.4 is 10.5 Å². The SMILES string of the molecule is COc1cccc(S(=O)(=O)N2CCC[C@@H](N)C2)c1. The number of methoxy groups -OCH3 is 1. The lowest BCUT2D eigenvalue weighted by atomic mass is 10.1. The Kier molecular flexibility index (Phi) is 3.89. The summed E-state index contributed by atoms with van der Waals surface area (Å²) < 4.78 is 31.3. The van der Waals surface area contributed by atoms with E-state index in [-0.39, 0.29) is 10.9 Å². The molecular weight excluding hydrogens is 252 g/mol. The van der Waals surface area contributed by atoms with Gasteiger partial charge in [-0.25, -0.2) is 8.42 Å². The average Bonchev–Trinajstić information content (AvgIpc) is 2.39. The van der Waals surface area contributed by atoms with E-state index in [1.165, 1.54) is 17.5 Å². The molecule has 1 saturated heterocycles. The largest absolute Gasteiger partial charge is 0.497 e. The number of nitrogens with zero attached hydrogens (tertiary/aromatic N) is 1. The summed E-state index contributed by atoms with van der Waals surface area (Å²) in [5.74, 6) is 0.539. The van der Waals surface area contributed by atoms with Crippen LogP contribution in [0.15, 0.2) is 29.2 Å². The molecule has 2 rings (SSSR count). The second-order valence-electron chi connectivity index (χ2n) is 4.44. The number of ether oxygens (including phenoxy) is 1. The number of sulfonamides is 1. The molecular formula is C12H18N2O3S. The second-order valence-corrected chi connectivity index (χ2v) is 6.38. The van der Waals surface area contributed by atoms with Crippen LogP contribution in [0.1, 0.15) is 12.8 Å². The van der Waals surface area contributed by atoms with Crippen molar-refractivity contribution in [3.8, 4) is 5.75 Å². The number of piperidine rings is 1. The minimum absolute atomic E-state index is 0.0702. The predicted octanol–water partition coefficient (Wildman–Crippen LogP) is 0.807. The van der Waals surface area contributed by atoms with Gasteiger partial charge in [0.2, 0.25) is 10.0 Å². The number of benzene rings is 1. The monoisotopic (exact) mass is 270 g/mol. The summed E-state index contributed by atoms with van der Waals surface area (Å²) >= 11 is 0. The Morgan fingerprint density at radius 3 is 2.89 bits per heavy atom. The van der Waals surface area contributed by atoms with Gasteiger partial charge in [-0.2, -0.15) is 4.31 Å². The third-order valence-electron chi connectivity index (χ3n) is 3.10. The van der Waals surface area contributed by atoms with Crippen molar-refractivity contribution < 1.29 is 13.2 Å². The Morgan fingerprint density at radius 1 is 1.44 bits per heavy atom. The summed E-state index contributed by atoms with van der Waals surface area (Å²) in [6, 6.07) is 6.45. The highest BCUT2D eigenvalue weighted by molar-refractivity contribution is 7.89. The van der Waals surface area contributed by atoms with Gasteiger partial charge in [-0.05, 0) is 25.0 Å². The molecule has 1 atom stereocenters. The molecule has 0 bridgehead atoms. The van der Waals surface area contributed by atoms with Crippen molar-refractivity contribution in [3.63, 3.8) is 0 Å². The van der Waals surface area contributed by atoms with Crippen LogP contribution in [0.4, 0.5) is 0 Å². The lowest BCUT2D eigenvalue weighted by Crippen LogP contribution is -2.45. The smallest absolute Gasteiger partial charge is 0.243 e. The van der Waals surface area contributed by atoms with Crippen LogP contribution >= 0.6 is 0 Å².